The van der Waals surface area contributed by atoms with Crippen molar-refractivity contribution < 1.29 is 4.79 Å². The van der Waals surface area contributed by atoms with Gasteiger partial charge in [-0.1, -0.05) is 24.2 Å². The number of aryl methyl sites for hydroxylation is 1. The third-order valence-corrected chi connectivity index (χ3v) is 5.80. The zero-order chi connectivity index (χ0) is 19.5. The van der Waals surface area contributed by atoms with E-state index in [1.807, 2.05) is 30.5 Å². The van der Waals surface area contributed by atoms with Crippen LogP contribution in [0.15, 0.2) is 35.6 Å². The number of azide groups is 1. The lowest BCUT2D eigenvalue weighted by Gasteiger charge is -2.34. The fourth-order valence-electron chi connectivity index (χ4n) is 4.19. The lowest BCUT2D eigenvalue weighted by Crippen LogP contribution is -2.44. The largest absolute Gasteiger partial charge is 0.332 e. The summed E-state index contributed by atoms with van der Waals surface area (Å²) in [5.41, 5.74) is 12.8. The molecule has 7 heteroatoms. The van der Waals surface area contributed by atoms with Gasteiger partial charge in [0, 0.05) is 34.8 Å². The van der Waals surface area contributed by atoms with E-state index >= 15 is 0 Å². The number of amides is 1. The Morgan fingerprint density at radius 2 is 2.11 bits per heavy atom. The molecule has 0 radical (unpaired) electrons. The number of hydrogen-bond donors (Lipinski definition) is 1. The van der Waals surface area contributed by atoms with Crippen LogP contribution in [-0.2, 0) is 19.3 Å². The molecule has 0 spiro atoms. The van der Waals surface area contributed by atoms with Crippen LogP contribution in [0, 0.1) is 5.92 Å². The van der Waals surface area contributed by atoms with Crippen molar-refractivity contribution >= 4 is 5.91 Å². The van der Waals surface area contributed by atoms with Gasteiger partial charge in [0.2, 0.25) is 0 Å². The SMILES string of the molecule is CC(CN=[N+]=[N-])Cc1ccc(C(=O)N(C2CC2)C2CCc3[nH]ncc3C2)cc1. The van der Waals surface area contributed by atoms with E-state index in [-0.39, 0.29) is 17.9 Å². The number of aromatic nitrogens is 2. The van der Waals surface area contributed by atoms with E-state index < -0.39 is 0 Å². The Labute approximate surface area is 164 Å². The zero-order valence-corrected chi connectivity index (χ0v) is 16.2. The summed E-state index contributed by atoms with van der Waals surface area (Å²) in [6.45, 7) is 2.56. The smallest absolute Gasteiger partial charge is 0.254 e. The van der Waals surface area contributed by atoms with Crippen LogP contribution >= 0.6 is 0 Å². The first-order valence-electron chi connectivity index (χ1n) is 10.1. The number of carbonyl (C=O) groups is 1. The van der Waals surface area contributed by atoms with Crippen molar-refractivity contribution in [3.8, 4) is 0 Å². The number of fused-ring (bicyclic) bond motifs is 1. The number of benzene rings is 1. The fraction of sp³-hybridized carbons (Fsp3) is 0.524. The molecule has 2 atom stereocenters. The molecule has 0 bridgehead atoms. The summed E-state index contributed by atoms with van der Waals surface area (Å²) in [6, 6.07) is 8.59. The molecule has 28 heavy (non-hydrogen) atoms. The van der Waals surface area contributed by atoms with E-state index in [0.29, 0.717) is 12.6 Å². The van der Waals surface area contributed by atoms with Crippen molar-refractivity contribution in [2.24, 2.45) is 11.0 Å². The highest BCUT2D eigenvalue weighted by atomic mass is 16.2. The number of hydrogen-bond acceptors (Lipinski definition) is 3. The molecule has 7 nitrogen and oxygen atoms in total. The maximum Gasteiger partial charge on any atom is 0.254 e. The standard InChI is InChI=1S/C21H26N6O/c1-14(12-24-26-22)10-15-2-4-16(5-3-15)21(28)27(18-6-7-18)19-8-9-20-17(11-19)13-23-25-20/h2-5,13-14,18-19H,6-12H2,1H3,(H,23,25). The van der Waals surface area contributed by atoms with E-state index in [2.05, 4.69) is 32.0 Å². The van der Waals surface area contributed by atoms with E-state index in [1.54, 1.807) is 0 Å². The molecule has 1 saturated carbocycles. The van der Waals surface area contributed by atoms with Crippen molar-refractivity contribution in [2.75, 3.05) is 6.54 Å². The van der Waals surface area contributed by atoms with E-state index in [9.17, 15) is 4.79 Å². The summed E-state index contributed by atoms with van der Waals surface area (Å²) < 4.78 is 0. The first-order valence-corrected chi connectivity index (χ1v) is 10.1. The third kappa shape index (κ3) is 4.04. The third-order valence-electron chi connectivity index (χ3n) is 5.80. The number of carbonyl (C=O) groups excluding carboxylic acids is 1. The Balaban J connectivity index is 1.45. The monoisotopic (exact) mass is 378 g/mol. The minimum atomic E-state index is 0.146. The maximum atomic E-state index is 13.3. The van der Waals surface area contributed by atoms with E-state index in [1.165, 1.54) is 11.3 Å². The highest BCUT2D eigenvalue weighted by Gasteiger charge is 2.39. The Bertz CT molecular complexity index is 879. The van der Waals surface area contributed by atoms with Gasteiger partial charge in [0.05, 0.1) is 6.20 Å². The van der Waals surface area contributed by atoms with Gasteiger partial charge >= 0.3 is 0 Å². The zero-order valence-electron chi connectivity index (χ0n) is 16.2. The number of rotatable bonds is 7. The summed E-state index contributed by atoms with van der Waals surface area (Å²) in [6.07, 6.45) is 7.80. The Kier molecular flexibility index (Phi) is 5.35. The first-order chi connectivity index (χ1) is 13.7. The van der Waals surface area contributed by atoms with Gasteiger partial charge in [-0.15, -0.1) is 0 Å². The molecule has 146 valence electrons. The highest BCUT2D eigenvalue weighted by Crippen LogP contribution is 2.34. The molecule has 1 aromatic heterocycles. The second-order valence-corrected chi connectivity index (χ2v) is 8.13. The summed E-state index contributed by atoms with van der Waals surface area (Å²) in [5.74, 6) is 0.430. The van der Waals surface area contributed by atoms with Gasteiger partial charge in [-0.3, -0.25) is 9.89 Å². The Morgan fingerprint density at radius 1 is 1.32 bits per heavy atom. The number of nitrogens with one attached hydrogen (secondary N) is 1. The molecule has 1 amide bonds. The van der Waals surface area contributed by atoms with Crippen molar-refractivity contribution in [3.63, 3.8) is 0 Å². The van der Waals surface area contributed by atoms with Crippen LogP contribution < -0.4 is 0 Å². The van der Waals surface area contributed by atoms with Gasteiger partial charge in [-0.25, -0.2) is 0 Å². The average Bonchev–Trinajstić information content (AvgIpc) is 3.42. The molecule has 1 N–H and O–H groups in total. The Morgan fingerprint density at radius 3 is 2.82 bits per heavy atom. The molecule has 2 aromatic rings. The molecule has 2 aliphatic rings. The van der Waals surface area contributed by atoms with Gasteiger partial charge in [-0.05, 0) is 73.2 Å². The van der Waals surface area contributed by atoms with Crippen LogP contribution in [0.5, 0.6) is 0 Å². The molecular weight excluding hydrogens is 352 g/mol. The van der Waals surface area contributed by atoms with Crippen molar-refractivity contribution in [2.45, 2.75) is 57.5 Å². The minimum Gasteiger partial charge on any atom is -0.332 e. The van der Waals surface area contributed by atoms with Crippen LogP contribution in [-0.4, -0.2) is 39.6 Å². The van der Waals surface area contributed by atoms with Crippen LogP contribution in [0.3, 0.4) is 0 Å². The van der Waals surface area contributed by atoms with Gasteiger partial charge < -0.3 is 4.90 Å². The van der Waals surface area contributed by atoms with Crippen LogP contribution in [0.4, 0.5) is 0 Å². The minimum absolute atomic E-state index is 0.146. The summed E-state index contributed by atoms with van der Waals surface area (Å²) in [5, 5.41) is 10.9. The molecule has 1 aromatic carbocycles. The lowest BCUT2D eigenvalue weighted by atomic mass is 9.91. The lowest BCUT2D eigenvalue weighted by molar-refractivity contribution is 0.0643. The molecule has 0 saturated heterocycles. The van der Waals surface area contributed by atoms with E-state index in [4.69, 9.17) is 5.53 Å². The van der Waals surface area contributed by atoms with Crippen molar-refractivity contribution in [1.29, 1.82) is 0 Å². The average molecular weight is 378 g/mol. The van der Waals surface area contributed by atoms with Crippen LogP contribution in [0.1, 0.15) is 53.4 Å². The predicted molar refractivity (Wildman–Crippen MR) is 107 cm³/mol. The van der Waals surface area contributed by atoms with Gasteiger partial charge in [0.25, 0.3) is 5.91 Å². The summed E-state index contributed by atoms with van der Waals surface area (Å²) in [7, 11) is 0. The first kappa shape index (κ1) is 18.6. The molecule has 2 unspecified atom stereocenters. The molecule has 2 aliphatic carbocycles. The predicted octanol–water partition coefficient (Wildman–Crippen LogP) is 4.06. The quantitative estimate of drug-likeness (QED) is 0.446. The summed E-state index contributed by atoms with van der Waals surface area (Å²) >= 11 is 0. The van der Waals surface area contributed by atoms with E-state index in [0.717, 1.165) is 49.7 Å². The fourth-order valence-corrected chi connectivity index (χ4v) is 4.19. The molecule has 0 aliphatic heterocycles. The Hall–Kier alpha value is -2.79. The maximum absolute atomic E-state index is 13.3. The second kappa shape index (κ2) is 8.07. The van der Waals surface area contributed by atoms with Gasteiger partial charge in [0.1, 0.15) is 0 Å². The summed E-state index contributed by atoms with van der Waals surface area (Å²) in [4.78, 5) is 18.3. The number of H-pyrrole nitrogens is 1. The normalized spacial score (nSPS) is 19.4. The highest BCUT2D eigenvalue weighted by molar-refractivity contribution is 5.95. The molecular formula is C21H26N6O. The number of nitrogens with zero attached hydrogens (tertiary/aromatic N) is 5. The van der Waals surface area contributed by atoms with Crippen molar-refractivity contribution in [3.05, 3.63) is 63.3 Å². The molecule has 1 heterocycles. The van der Waals surface area contributed by atoms with Gasteiger partial charge in [0.15, 0.2) is 0 Å². The number of aromatic amines is 1. The van der Waals surface area contributed by atoms with Crippen LogP contribution in [0.25, 0.3) is 10.4 Å². The van der Waals surface area contributed by atoms with Crippen LogP contribution in [0.2, 0.25) is 0 Å². The topological polar surface area (TPSA) is 97.8 Å². The van der Waals surface area contributed by atoms with Gasteiger partial charge in [-0.2, -0.15) is 5.10 Å². The molecule has 1 fully saturated rings. The second-order valence-electron chi connectivity index (χ2n) is 8.13. The van der Waals surface area contributed by atoms with Crippen molar-refractivity contribution in [1.82, 2.24) is 15.1 Å². The molecule has 4 rings (SSSR count).